The minimum Gasteiger partial charge on any atom is -0.407 e. The first-order valence-corrected chi connectivity index (χ1v) is 5.09. The molecule has 5 nitrogen and oxygen atoms in total. The number of aliphatic hydroxyl groups is 1. The zero-order valence-electron chi connectivity index (χ0n) is 8.11. The third-order valence-electron chi connectivity index (χ3n) is 1.70. The van der Waals surface area contributed by atoms with Crippen molar-refractivity contribution in [3.63, 3.8) is 0 Å². The van der Waals surface area contributed by atoms with E-state index in [1.165, 1.54) is 0 Å². The Labute approximate surface area is 87.7 Å². The molecule has 0 unspecified atom stereocenters. The molecule has 0 fully saturated rings. The molecule has 0 aliphatic heterocycles. The highest BCUT2D eigenvalue weighted by atomic mass is 35.5. The molecule has 0 amide bonds. The van der Waals surface area contributed by atoms with Gasteiger partial charge in [-0.1, -0.05) is 12.0 Å². The van der Waals surface area contributed by atoms with Crippen LogP contribution in [0.2, 0.25) is 0 Å². The molecule has 6 heteroatoms. The lowest BCUT2D eigenvalue weighted by Gasteiger charge is -2.17. The molecule has 1 aromatic heterocycles. The molecule has 1 heterocycles. The third-order valence-corrected chi connectivity index (χ3v) is 1.93. The molecule has 0 bridgehead atoms. The van der Waals surface area contributed by atoms with Crippen molar-refractivity contribution in [1.29, 1.82) is 0 Å². The smallest absolute Gasteiger partial charge is 0.318 e. The van der Waals surface area contributed by atoms with Gasteiger partial charge in [0.05, 0.1) is 6.61 Å². The van der Waals surface area contributed by atoms with Crippen molar-refractivity contribution >= 4 is 17.6 Å². The summed E-state index contributed by atoms with van der Waals surface area (Å²) >= 11 is 5.53. The van der Waals surface area contributed by atoms with Crippen molar-refractivity contribution in [1.82, 2.24) is 10.2 Å². The fourth-order valence-electron chi connectivity index (χ4n) is 1.12. The Kier molecular flexibility index (Phi) is 4.69. The average Bonchev–Trinajstić information content (AvgIpc) is 2.65. The minimum atomic E-state index is 0.0680. The van der Waals surface area contributed by atoms with Gasteiger partial charge in [-0.15, -0.1) is 16.7 Å². The number of hydrogen-bond donors (Lipinski definition) is 1. The SMILES string of the molecule is CCCN(CCO)c1nnc(CCl)o1. The van der Waals surface area contributed by atoms with Crippen molar-refractivity contribution in [2.45, 2.75) is 19.2 Å². The number of nitrogens with zero attached hydrogens (tertiary/aromatic N) is 3. The molecular weight excluding hydrogens is 206 g/mol. The first kappa shape index (κ1) is 11.3. The van der Waals surface area contributed by atoms with Crippen LogP contribution in [0.25, 0.3) is 0 Å². The number of rotatable bonds is 6. The molecule has 1 N–H and O–H groups in total. The van der Waals surface area contributed by atoms with Gasteiger partial charge in [-0.05, 0) is 6.42 Å². The van der Waals surface area contributed by atoms with Gasteiger partial charge in [-0.25, -0.2) is 0 Å². The molecule has 0 aliphatic rings. The van der Waals surface area contributed by atoms with Crippen molar-refractivity contribution in [3.05, 3.63) is 5.89 Å². The number of aliphatic hydroxyl groups excluding tert-OH is 1. The summed E-state index contributed by atoms with van der Waals surface area (Å²) in [6.45, 7) is 3.39. The van der Waals surface area contributed by atoms with Crippen LogP contribution in [-0.4, -0.2) is 35.0 Å². The van der Waals surface area contributed by atoms with Crippen LogP contribution in [-0.2, 0) is 5.88 Å². The molecule has 0 saturated carbocycles. The van der Waals surface area contributed by atoms with Crippen LogP contribution in [0.3, 0.4) is 0 Å². The van der Waals surface area contributed by atoms with E-state index in [0.717, 1.165) is 13.0 Å². The number of hydrogen-bond acceptors (Lipinski definition) is 5. The van der Waals surface area contributed by atoms with E-state index in [1.54, 1.807) is 0 Å². The molecule has 1 aromatic rings. The highest BCUT2D eigenvalue weighted by molar-refractivity contribution is 6.16. The maximum absolute atomic E-state index is 8.83. The number of aromatic nitrogens is 2. The zero-order chi connectivity index (χ0) is 10.4. The van der Waals surface area contributed by atoms with E-state index in [4.69, 9.17) is 21.1 Å². The molecule has 0 atom stereocenters. The molecule has 0 aliphatic carbocycles. The summed E-state index contributed by atoms with van der Waals surface area (Å²) in [7, 11) is 0. The van der Waals surface area contributed by atoms with E-state index >= 15 is 0 Å². The van der Waals surface area contributed by atoms with E-state index < -0.39 is 0 Å². The van der Waals surface area contributed by atoms with E-state index in [-0.39, 0.29) is 12.5 Å². The lowest BCUT2D eigenvalue weighted by atomic mass is 10.4. The Balaban J connectivity index is 2.65. The van der Waals surface area contributed by atoms with E-state index in [2.05, 4.69) is 10.2 Å². The van der Waals surface area contributed by atoms with Gasteiger partial charge in [0, 0.05) is 13.1 Å². The number of alkyl halides is 1. The summed E-state index contributed by atoms with van der Waals surface area (Å²) in [6.07, 6.45) is 0.957. The van der Waals surface area contributed by atoms with Crippen molar-refractivity contribution < 1.29 is 9.52 Å². The van der Waals surface area contributed by atoms with Crippen LogP contribution >= 0.6 is 11.6 Å². The molecule has 0 saturated heterocycles. The third kappa shape index (κ3) is 2.85. The predicted octanol–water partition coefficient (Wildman–Crippen LogP) is 1.02. The lowest BCUT2D eigenvalue weighted by Crippen LogP contribution is -2.27. The van der Waals surface area contributed by atoms with Crippen LogP contribution in [0.15, 0.2) is 4.42 Å². The van der Waals surface area contributed by atoms with Gasteiger partial charge in [-0.2, -0.15) is 0 Å². The maximum Gasteiger partial charge on any atom is 0.318 e. The Hall–Kier alpha value is -0.810. The number of halogens is 1. The van der Waals surface area contributed by atoms with Gasteiger partial charge < -0.3 is 14.4 Å². The second kappa shape index (κ2) is 5.82. The molecule has 80 valence electrons. The van der Waals surface area contributed by atoms with Gasteiger partial charge in [0.25, 0.3) is 0 Å². The summed E-state index contributed by atoms with van der Waals surface area (Å²) in [6, 6.07) is 0.427. The largest absolute Gasteiger partial charge is 0.407 e. The first-order valence-electron chi connectivity index (χ1n) is 4.56. The van der Waals surface area contributed by atoms with Gasteiger partial charge in [0.1, 0.15) is 5.88 Å². The quantitative estimate of drug-likeness (QED) is 0.724. The summed E-state index contributed by atoms with van der Waals surface area (Å²) in [5.74, 6) is 0.618. The highest BCUT2D eigenvalue weighted by Gasteiger charge is 2.12. The summed E-state index contributed by atoms with van der Waals surface area (Å²) in [5.41, 5.74) is 0. The Bertz CT molecular complexity index is 261. The monoisotopic (exact) mass is 219 g/mol. The van der Waals surface area contributed by atoms with Crippen LogP contribution in [0.1, 0.15) is 19.2 Å². The van der Waals surface area contributed by atoms with Gasteiger partial charge in [0.2, 0.25) is 5.89 Å². The van der Waals surface area contributed by atoms with Crippen LogP contribution < -0.4 is 4.90 Å². The molecule has 0 radical (unpaired) electrons. The topological polar surface area (TPSA) is 62.4 Å². The fraction of sp³-hybridized carbons (Fsp3) is 0.750. The lowest BCUT2D eigenvalue weighted by molar-refractivity contribution is 0.298. The van der Waals surface area contributed by atoms with Gasteiger partial charge in [-0.3, -0.25) is 0 Å². The maximum atomic E-state index is 8.83. The summed E-state index contributed by atoms with van der Waals surface area (Å²) < 4.78 is 5.26. The second-order valence-corrected chi connectivity index (χ2v) is 3.09. The number of anilines is 1. The Morgan fingerprint density at radius 3 is 2.71 bits per heavy atom. The summed E-state index contributed by atoms with van der Waals surface area (Å²) in [5, 5.41) is 16.4. The normalized spacial score (nSPS) is 10.5. The molecular formula is C8H14ClN3O2. The van der Waals surface area contributed by atoms with E-state index in [1.807, 2.05) is 11.8 Å². The molecule has 0 aromatic carbocycles. The van der Waals surface area contributed by atoms with Crippen LogP contribution in [0.4, 0.5) is 6.01 Å². The van der Waals surface area contributed by atoms with Gasteiger partial charge >= 0.3 is 6.01 Å². The first-order chi connectivity index (χ1) is 6.81. The molecule has 14 heavy (non-hydrogen) atoms. The van der Waals surface area contributed by atoms with Crippen molar-refractivity contribution in [3.8, 4) is 0 Å². The van der Waals surface area contributed by atoms with Crippen molar-refractivity contribution in [2.75, 3.05) is 24.6 Å². The van der Waals surface area contributed by atoms with Crippen LogP contribution in [0.5, 0.6) is 0 Å². The zero-order valence-corrected chi connectivity index (χ0v) is 8.87. The van der Waals surface area contributed by atoms with E-state index in [0.29, 0.717) is 18.5 Å². The molecule has 0 spiro atoms. The van der Waals surface area contributed by atoms with E-state index in [9.17, 15) is 0 Å². The Morgan fingerprint density at radius 1 is 1.43 bits per heavy atom. The standard InChI is InChI=1S/C8H14ClN3O2/c1-2-3-12(4-5-13)8-11-10-7(6-9)14-8/h13H,2-6H2,1H3. The predicted molar refractivity (Wildman–Crippen MR) is 53.4 cm³/mol. The summed E-state index contributed by atoms with van der Waals surface area (Å²) in [4.78, 5) is 1.84. The fourth-order valence-corrected chi connectivity index (χ4v) is 1.23. The van der Waals surface area contributed by atoms with Crippen LogP contribution in [0, 0.1) is 0 Å². The average molecular weight is 220 g/mol. The second-order valence-electron chi connectivity index (χ2n) is 2.82. The highest BCUT2D eigenvalue weighted by Crippen LogP contribution is 2.13. The molecule has 1 rings (SSSR count). The minimum absolute atomic E-state index is 0.0680. The van der Waals surface area contributed by atoms with Crippen molar-refractivity contribution in [2.24, 2.45) is 0 Å². The Morgan fingerprint density at radius 2 is 2.21 bits per heavy atom. The van der Waals surface area contributed by atoms with Gasteiger partial charge in [0.15, 0.2) is 0 Å².